The minimum absolute atomic E-state index is 0.108. The van der Waals surface area contributed by atoms with Gasteiger partial charge in [-0.2, -0.15) is 0 Å². The number of amides is 1. The Hall–Kier alpha value is -2.49. The Balaban J connectivity index is 1.40. The van der Waals surface area contributed by atoms with Crippen LogP contribution in [0.5, 0.6) is 0 Å². The molecule has 1 amide bonds. The molecule has 2 aromatic carbocycles. The molecule has 1 fully saturated rings. The third kappa shape index (κ3) is 4.28. The van der Waals surface area contributed by atoms with E-state index in [0.29, 0.717) is 18.8 Å². The van der Waals surface area contributed by atoms with Crippen molar-refractivity contribution < 1.29 is 4.79 Å². The van der Waals surface area contributed by atoms with Crippen molar-refractivity contribution in [3.8, 4) is 0 Å². The molecule has 4 heteroatoms. The van der Waals surface area contributed by atoms with Gasteiger partial charge in [0.25, 0.3) is 0 Å². The maximum atomic E-state index is 12.1. The van der Waals surface area contributed by atoms with Gasteiger partial charge in [-0.15, -0.1) is 0 Å². The van der Waals surface area contributed by atoms with Gasteiger partial charge in [-0.1, -0.05) is 36.4 Å². The number of anilines is 2. The van der Waals surface area contributed by atoms with Crippen LogP contribution < -0.4 is 16.0 Å². The van der Waals surface area contributed by atoms with Gasteiger partial charge in [0, 0.05) is 37.4 Å². The number of carbonyl (C=O) groups is 1. The molecule has 0 radical (unpaired) electrons. The Morgan fingerprint density at radius 1 is 1.12 bits per heavy atom. The van der Waals surface area contributed by atoms with E-state index in [4.69, 9.17) is 5.73 Å². The zero-order valence-electron chi connectivity index (χ0n) is 13.9. The van der Waals surface area contributed by atoms with Gasteiger partial charge in [-0.3, -0.25) is 4.79 Å². The Kier molecular flexibility index (Phi) is 5.36. The maximum absolute atomic E-state index is 12.1. The molecule has 1 saturated heterocycles. The highest BCUT2D eigenvalue weighted by Crippen LogP contribution is 2.23. The van der Waals surface area contributed by atoms with Crippen LogP contribution in [0.1, 0.15) is 18.4 Å². The van der Waals surface area contributed by atoms with Crippen LogP contribution >= 0.6 is 0 Å². The second kappa shape index (κ2) is 7.86. The molecule has 126 valence electrons. The quantitative estimate of drug-likeness (QED) is 0.804. The summed E-state index contributed by atoms with van der Waals surface area (Å²) in [4.78, 5) is 14.5. The SMILES string of the molecule is Nc1ccccc1CCC(=O)NCC1CCN(c2ccccc2)C1. The molecule has 2 aromatic rings. The molecule has 0 aromatic heterocycles. The number of hydrogen-bond acceptors (Lipinski definition) is 3. The Bertz CT molecular complexity index is 672. The number of nitrogen functional groups attached to an aromatic ring is 1. The monoisotopic (exact) mass is 323 g/mol. The van der Waals surface area contributed by atoms with Crippen LogP contribution in [-0.4, -0.2) is 25.5 Å². The summed E-state index contributed by atoms with van der Waals surface area (Å²) in [7, 11) is 0. The predicted octanol–water partition coefficient (Wildman–Crippen LogP) is 2.84. The fourth-order valence-corrected chi connectivity index (χ4v) is 3.23. The number of nitrogens with zero attached hydrogens (tertiary/aromatic N) is 1. The first-order chi connectivity index (χ1) is 11.7. The summed E-state index contributed by atoms with van der Waals surface area (Å²) in [6, 6.07) is 18.2. The number of rotatable bonds is 6. The van der Waals surface area contributed by atoms with Crippen molar-refractivity contribution in [1.82, 2.24) is 5.32 Å². The van der Waals surface area contributed by atoms with Crippen molar-refractivity contribution in [2.24, 2.45) is 5.92 Å². The average molecular weight is 323 g/mol. The van der Waals surface area contributed by atoms with E-state index < -0.39 is 0 Å². The van der Waals surface area contributed by atoms with Crippen LogP contribution in [0.3, 0.4) is 0 Å². The summed E-state index contributed by atoms with van der Waals surface area (Å²) in [6.07, 6.45) is 2.31. The minimum atomic E-state index is 0.108. The van der Waals surface area contributed by atoms with E-state index in [0.717, 1.165) is 37.3 Å². The lowest BCUT2D eigenvalue weighted by Crippen LogP contribution is -2.31. The molecule has 3 N–H and O–H groups in total. The molecular weight excluding hydrogens is 298 g/mol. The highest BCUT2D eigenvalue weighted by molar-refractivity contribution is 5.76. The van der Waals surface area contributed by atoms with Gasteiger partial charge < -0.3 is 16.0 Å². The van der Waals surface area contributed by atoms with E-state index >= 15 is 0 Å². The van der Waals surface area contributed by atoms with E-state index in [1.54, 1.807) is 0 Å². The van der Waals surface area contributed by atoms with Gasteiger partial charge in [-0.25, -0.2) is 0 Å². The summed E-state index contributed by atoms with van der Waals surface area (Å²) in [5, 5.41) is 3.08. The summed E-state index contributed by atoms with van der Waals surface area (Å²) in [6.45, 7) is 2.83. The number of para-hydroxylation sites is 2. The second-order valence-electron chi connectivity index (χ2n) is 6.44. The average Bonchev–Trinajstić information content (AvgIpc) is 3.09. The maximum Gasteiger partial charge on any atom is 0.220 e. The van der Waals surface area contributed by atoms with E-state index in [1.165, 1.54) is 5.69 Å². The van der Waals surface area contributed by atoms with Crippen LogP contribution in [0.2, 0.25) is 0 Å². The van der Waals surface area contributed by atoms with E-state index in [-0.39, 0.29) is 5.91 Å². The Morgan fingerprint density at radius 2 is 1.88 bits per heavy atom. The molecule has 0 aliphatic carbocycles. The third-order valence-corrected chi connectivity index (χ3v) is 4.67. The Labute approximate surface area is 143 Å². The molecule has 4 nitrogen and oxygen atoms in total. The number of carbonyl (C=O) groups excluding carboxylic acids is 1. The lowest BCUT2D eigenvalue weighted by atomic mass is 10.1. The van der Waals surface area contributed by atoms with Crippen LogP contribution in [0.4, 0.5) is 11.4 Å². The standard InChI is InChI=1S/C20H25N3O/c21-19-9-5-4-6-17(19)10-11-20(24)22-14-16-12-13-23(15-16)18-7-2-1-3-8-18/h1-9,16H,10-15,21H2,(H,22,24). The third-order valence-electron chi connectivity index (χ3n) is 4.67. The largest absolute Gasteiger partial charge is 0.399 e. The van der Waals surface area contributed by atoms with Gasteiger partial charge in [0.05, 0.1) is 0 Å². The molecule has 1 unspecified atom stereocenters. The molecule has 0 bridgehead atoms. The fourth-order valence-electron chi connectivity index (χ4n) is 3.23. The van der Waals surface area contributed by atoms with Crippen molar-refractivity contribution in [3.05, 3.63) is 60.2 Å². The minimum Gasteiger partial charge on any atom is -0.399 e. The van der Waals surface area contributed by atoms with Crippen LogP contribution in [0.15, 0.2) is 54.6 Å². The number of benzene rings is 2. The summed E-state index contributed by atoms with van der Waals surface area (Å²) in [5.74, 6) is 0.632. The molecule has 1 aliphatic heterocycles. The molecule has 1 heterocycles. The summed E-state index contributed by atoms with van der Waals surface area (Å²) in [5.41, 5.74) is 8.99. The molecular formula is C20H25N3O. The number of nitrogens with one attached hydrogen (secondary N) is 1. The van der Waals surface area contributed by atoms with Crippen molar-refractivity contribution in [2.75, 3.05) is 30.3 Å². The first kappa shape index (κ1) is 16.4. The van der Waals surface area contributed by atoms with Crippen molar-refractivity contribution in [3.63, 3.8) is 0 Å². The number of nitrogens with two attached hydrogens (primary N) is 1. The van der Waals surface area contributed by atoms with Crippen molar-refractivity contribution in [2.45, 2.75) is 19.3 Å². The van der Waals surface area contributed by atoms with Crippen LogP contribution in [0, 0.1) is 5.92 Å². The lowest BCUT2D eigenvalue weighted by molar-refractivity contribution is -0.121. The number of hydrogen-bond donors (Lipinski definition) is 2. The topological polar surface area (TPSA) is 58.4 Å². The van der Waals surface area contributed by atoms with E-state index in [9.17, 15) is 4.79 Å². The normalized spacial score (nSPS) is 17.0. The van der Waals surface area contributed by atoms with E-state index in [2.05, 4.69) is 34.5 Å². The van der Waals surface area contributed by atoms with Gasteiger partial charge in [0.15, 0.2) is 0 Å². The summed E-state index contributed by atoms with van der Waals surface area (Å²) < 4.78 is 0. The molecule has 3 rings (SSSR count). The number of aryl methyl sites for hydroxylation is 1. The first-order valence-corrected chi connectivity index (χ1v) is 8.62. The lowest BCUT2D eigenvalue weighted by Gasteiger charge is -2.18. The molecule has 1 aliphatic rings. The zero-order chi connectivity index (χ0) is 16.8. The predicted molar refractivity (Wildman–Crippen MR) is 98.9 cm³/mol. The Morgan fingerprint density at radius 3 is 2.67 bits per heavy atom. The van der Waals surface area contributed by atoms with Crippen LogP contribution in [0.25, 0.3) is 0 Å². The van der Waals surface area contributed by atoms with Gasteiger partial charge in [-0.05, 0) is 42.5 Å². The van der Waals surface area contributed by atoms with Gasteiger partial charge in [0.2, 0.25) is 5.91 Å². The second-order valence-corrected chi connectivity index (χ2v) is 6.44. The zero-order valence-corrected chi connectivity index (χ0v) is 13.9. The molecule has 1 atom stereocenters. The molecule has 24 heavy (non-hydrogen) atoms. The van der Waals surface area contributed by atoms with Gasteiger partial charge >= 0.3 is 0 Å². The highest BCUT2D eigenvalue weighted by atomic mass is 16.1. The van der Waals surface area contributed by atoms with Gasteiger partial charge in [0.1, 0.15) is 0 Å². The molecule has 0 spiro atoms. The summed E-state index contributed by atoms with van der Waals surface area (Å²) >= 11 is 0. The first-order valence-electron chi connectivity index (χ1n) is 8.62. The van der Waals surface area contributed by atoms with Crippen molar-refractivity contribution in [1.29, 1.82) is 0 Å². The highest BCUT2D eigenvalue weighted by Gasteiger charge is 2.22. The molecule has 0 saturated carbocycles. The van der Waals surface area contributed by atoms with E-state index in [1.807, 2.05) is 30.3 Å². The van der Waals surface area contributed by atoms with Crippen molar-refractivity contribution >= 4 is 17.3 Å². The fraction of sp³-hybridized carbons (Fsp3) is 0.350. The smallest absolute Gasteiger partial charge is 0.220 e. The van der Waals surface area contributed by atoms with Crippen LogP contribution in [-0.2, 0) is 11.2 Å².